The van der Waals surface area contributed by atoms with Crippen molar-refractivity contribution in [2.45, 2.75) is 32.3 Å². The van der Waals surface area contributed by atoms with E-state index in [2.05, 4.69) is 18.9 Å². The molecule has 0 spiro atoms. The minimum atomic E-state index is 0.532. The van der Waals surface area contributed by atoms with Gasteiger partial charge < -0.3 is 9.64 Å². The third-order valence-electron chi connectivity index (χ3n) is 2.30. The first kappa shape index (κ1) is 9.01. The summed E-state index contributed by atoms with van der Waals surface area (Å²) in [4.78, 5) is 2.39. The van der Waals surface area contributed by atoms with Crippen molar-refractivity contribution < 1.29 is 4.74 Å². The number of nitrogens with zero attached hydrogens (tertiary/aromatic N) is 1. The van der Waals surface area contributed by atoms with Gasteiger partial charge in [0, 0.05) is 13.2 Å². The summed E-state index contributed by atoms with van der Waals surface area (Å²) in [6.07, 6.45) is 4.29. The smallest absolute Gasteiger partial charge is 0.0587 e. The molecule has 0 saturated carbocycles. The fourth-order valence-electron chi connectivity index (χ4n) is 1.61. The van der Waals surface area contributed by atoms with Crippen molar-refractivity contribution in [2.24, 2.45) is 0 Å². The number of ether oxygens (including phenoxy) is 1. The lowest BCUT2D eigenvalue weighted by molar-refractivity contribution is 0.0531. The van der Waals surface area contributed by atoms with E-state index in [1.807, 2.05) is 0 Å². The van der Waals surface area contributed by atoms with Gasteiger partial charge in [-0.05, 0) is 39.8 Å². The van der Waals surface area contributed by atoms with Crippen LogP contribution in [0.25, 0.3) is 0 Å². The molecule has 1 heterocycles. The molecule has 1 saturated heterocycles. The van der Waals surface area contributed by atoms with Gasteiger partial charge in [0.15, 0.2) is 0 Å². The Hall–Kier alpha value is -0.0800. The van der Waals surface area contributed by atoms with Crippen molar-refractivity contribution in [1.82, 2.24) is 4.90 Å². The maximum absolute atomic E-state index is 5.58. The first-order valence-electron chi connectivity index (χ1n) is 4.63. The fraction of sp³-hybridized carbons (Fsp3) is 1.00. The molecule has 1 fully saturated rings. The van der Waals surface area contributed by atoms with E-state index in [-0.39, 0.29) is 0 Å². The van der Waals surface area contributed by atoms with Gasteiger partial charge in [0.25, 0.3) is 0 Å². The lowest BCUT2D eigenvalue weighted by Crippen LogP contribution is -2.20. The lowest BCUT2D eigenvalue weighted by Gasteiger charge is -2.14. The highest BCUT2D eigenvalue weighted by atomic mass is 16.5. The molecule has 0 amide bonds. The third kappa shape index (κ3) is 3.21. The Morgan fingerprint density at radius 2 is 2.18 bits per heavy atom. The lowest BCUT2D eigenvalue weighted by atomic mass is 10.2. The van der Waals surface area contributed by atoms with Crippen LogP contribution in [0, 0.1) is 0 Å². The first-order valence-corrected chi connectivity index (χ1v) is 4.63. The van der Waals surface area contributed by atoms with Crippen molar-refractivity contribution in [3.05, 3.63) is 0 Å². The molecule has 0 aromatic carbocycles. The average molecular weight is 157 g/mol. The summed E-state index contributed by atoms with van der Waals surface area (Å²) in [6.45, 7) is 5.39. The highest BCUT2D eigenvalue weighted by molar-refractivity contribution is 4.67. The van der Waals surface area contributed by atoms with E-state index in [4.69, 9.17) is 4.74 Å². The topological polar surface area (TPSA) is 12.5 Å². The van der Waals surface area contributed by atoms with Crippen LogP contribution < -0.4 is 0 Å². The van der Waals surface area contributed by atoms with Crippen molar-refractivity contribution in [1.29, 1.82) is 0 Å². The van der Waals surface area contributed by atoms with Gasteiger partial charge in [0.2, 0.25) is 0 Å². The van der Waals surface area contributed by atoms with Gasteiger partial charge >= 0.3 is 0 Å². The molecule has 0 N–H and O–H groups in total. The van der Waals surface area contributed by atoms with E-state index in [0.717, 1.165) is 6.61 Å². The number of likely N-dealkylation sites (tertiary alicyclic amines) is 1. The molecule has 1 aliphatic heterocycles. The Morgan fingerprint density at radius 1 is 1.36 bits per heavy atom. The fourth-order valence-corrected chi connectivity index (χ4v) is 1.61. The van der Waals surface area contributed by atoms with Crippen LogP contribution in [-0.2, 0) is 4.74 Å². The molecule has 2 nitrogen and oxygen atoms in total. The number of rotatable bonds is 2. The Labute approximate surface area is 69.5 Å². The van der Waals surface area contributed by atoms with Crippen LogP contribution in [0.15, 0.2) is 0 Å². The monoisotopic (exact) mass is 157 g/mol. The molecule has 2 heteroatoms. The van der Waals surface area contributed by atoms with Crippen LogP contribution in [0.3, 0.4) is 0 Å². The Bertz CT molecular complexity index is 106. The second-order valence-corrected chi connectivity index (χ2v) is 3.31. The molecule has 0 radical (unpaired) electrons. The van der Waals surface area contributed by atoms with Crippen molar-refractivity contribution in [2.75, 3.05) is 26.7 Å². The molecule has 66 valence electrons. The zero-order valence-electron chi connectivity index (χ0n) is 7.68. The number of hydrogen-bond donors (Lipinski definition) is 0. The van der Waals surface area contributed by atoms with E-state index >= 15 is 0 Å². The van der Waals surface area contributed by atoms with Crippen LogP contribution in [0.5, 0.6) is 0 Å². The van der Waals surface area contributed by atoms with Crippen LogP contribution >= 0.6 is 0 Å². The van der Waals surface area contributed by atoms with Crippen LogP contribution in [-0.4, -0.2) is 37.7 Å². The van der Waals surface area contributed by atoms with Gasteiger partial charge in [-0.1, -0.05) is 0 Å². The SMILES string of the molecule is CCOC1CCCN(C)CC1. The molecule has 1 aliphatic rings. The zero-order valence-corrected chi connectivity index (χ0v) is 7.68. The summed E-state index contributed by atoms with van der Waals surface area (Å²) >= 11 is 0. The van der Waals surface area contributed by atoms with Gasteiger partial charge in [-0.2, -0.15) is 0 Å². The van der Waals surface area contributed by atoms with E-state index < -0.39 is 0 Å². The standard InChI is InChI=1S/C9H19NO/c1-3-11-9-5-4-7-10(2)8-6-9/h9H,3-8H2,1-2H3. The predicted molar refractivity (Wildman–Crippen MR) is 46.8 cm³/mol. The third-order valence-corrected chi connectivity index (χ3v) is 2.30. The van der Waals surface area contributed by atoms with Crippen LogP contribution in [0.1, 0.15) is 26.2 Å². The summed E-state index contributed by atoms with van der Waals surface area (Å²) in [5, 5.41) is 0. The molecule has 1 atom stereocenters. The molecule has 11 heavy (non-hydrogen) atoms. The minimum absolute atomic E-state index is 0.532. The Balaban J connectivity index is 2.22. The Kier molecular flexibility index (Phi) is 3.87. The molecule has 0 bridgehead atoms. The molecule has 0 aromatic rings. The summed E-state index contributed by atoms with van der Waals surface area (Å²) < 4.78 is 5.58. The second-order valence-electron chi connectivity index (χ2n) is 3.31. The van der Waals surface area contributed by atoms with Crippen molar-refractivity contribution in [3.8, 4) is 0 Å². The van der Waals surface area contributed by atoms with E-state index in [1.54, 1.807) is 0 Å². The van der Waals surface area contributed by atoms with Crippen LogP contribution in [0.2, 0.25) is 0 Å². The molecule has 0 aromatic heterocycles. The molecule has 1 rings (SSSR count). The summed E-state index contributed by atoms with van der Waals surface area (Å²) in [5.41, 5.74) is 0. The molecular formula is C9H19NO. The normalized spacial score (nSPS) is 28.4. The Morgan fingerprint density at radius 3 is 2.91 bits per heavy atom. The van der Waals surface area contributed by atoms with Gasteiger partial charge in [0.05, 0.1) is 6.10 Å². The van der Waals surface area contributed by atoms with E-state index in [1.165, 1.54) is 32.4 Å². The largest absolute Gasteiger partial charge is 0.378 e. The number of hydrogen-bond acceptors (Lipinski definition) is 2. The zero-order chi connectivity index (χ0) is 8.10. The molecular weight excluding hydrogens is 138 g/mol. The van der Waals surface area contributed by atoms with Gasteiger partial charge in [0.1, 0.15) is 0 Å². The second kappa shape index (κ2) is 4.73. The quantitative estimate of drug-likeness (QED) is 0.602. The summed E-state index contributed by atoms with van der Waals surface area (Å²) in [7, 11) is 2.19. The molecule has 1 unspecified atom stereocenters. The predicted octanol–water partition coefficient (Wildman–Crippen LogP) is 1.51. The van der Waals surface area contributed by atoms with E-state index in [0.29, 0.717) is 6.10 Å². The maximum Gasteiger partial charge on any atom is 0.0587 e. The average Bonchev–Trinajstić information content (AvgIpc) is 2.17. The van der Waals surface area contributed by atoms with Gasteiger partial charge in [-0.3, -0.25) is 0 Å². The van der Waals surface area contributed by atoms with Gasteiger partial charge in [-0.25, -0.2) is 0 Å². The van der Waals surface area contributed by atoms with Crippen molar-refractivity contribution >= 4 is 0 Å². The first-order chi connectivity index (χ1) is 5.33. The minimum Gasteiger partial charge on any atom is -0.378 e. The summed E-state index contributed by atoms with van der Waals surface area (Å²) in [5.74, 6) is 0. The van der Waals surface area contributed by atoms with Crippen LogP contribution in [0.4, 0.5) is 0 Å². The molecule has 0 aliphatic carbocycles. The van der Waals surface area contributed by atoms with Crippen molar-refractivity contribution in [3.63, 3.8) is 0 Å². The van der Waals surface area contributed by atoms with Gasteiger partial charge in [-0.15, -0.1) is 0 Å². The highest BCUT2D eigenvalue weighted by Gasteiger charge is 2.13. The van der Waals surface area contributed by atoms with E-state index in [9.17, 15) is 0 Å². The summed E-state index contributed by atoms with van der Waals surface area (Å²) in [6, 6.07) is 0. The maximum atomic E-state index is 5.58. The highest BCUT2D eigenvalue weighted by Crippen LogP contribution is 2.12.